The van der Waals surface area contributed by atoms with Crippen LogP contribution in [0.25, 0.3) is 0 Å². The third-order valence-corrected chi connectivity index (χ3v) is 5.13. The number of fused-ring (bicyclic) bond motifs is 2. The van der Waals surface area contributed by atoms with Crippen molar-refractivity contribution in [3.05, 3.63) is 17.7 Å². The lowest BCUT2D eigenvalue weighted by Crippen LogP contribution is -2.72. The molecular weight excluding hydrogens is 272 g/mol. The van der Waals surface area contributed by atoms with E-state index in [1.807, 2.05) is 27.7 Å². The van der Waals surface area contributed by atoms with Crippen LogP contribution >= 0.6 is 0 Å². The zero-order valence-corrected chi connectivity index (χ0v) is 13.2. The lowest BCUT2D eigenvalue weighted by Gasteiger charge is -2.62. The van der Waals surface area contributed by atoms with Gasteiger partial charge in [0.1, 0.15) is 17.2 Å². The minimum atomic E-state index is -1.12. The maximum Gasteiger partial charge on any atom is 0.349 e. The van der Waals surface area contributed by atoms with E-state index in [1.54, 1.807) is 26.4 Å². The van der Waals surface area contributed by atoms with Gasteiger partial charge in [-0.05, 0) is 13.8 Å². The molecule has 5 heteroatoms. The molecule has 5 nitrogen and oxygen atoms in total. The Balaban J connectivity index is 2.24. The number of methoxy groups -OCH3 is 2. The smallest absolute Gasteiger partial charge is 0.349 e. The van der Waals surface area contributed by atoms with Crippen molar-refractivity contribution in [1.82, 2.24) is 0 Å². The van der Waals surface area contributed by atoms with E-state index in [0.717, 1.165) is 0 Å². The fraction of sp³-hybridized carbons (Fsp3) is 0.562. The van der Waals surface area contributed by atoms with Crippen molar-refractivity contribution in [2.75, 3.05) is 14.2 Å². The van der Waals surface area contributed by atoms with Crippen LogP contribution < -0.4 is 14.2 Å². The summed E-state index contributed by atoms with van der Waals surface area (Å²) >= 11 is 0. The number of carbonyl (C=O) groups excluding carboxylic acids is 1. The molecule has 2 aliphatic heterocycles. The largest absolute Gasteiger partial charge is 0.496 e. The predicted octanol–water partition coefficient (Wildman–Crippen LogP) is 2.65. The summed E-state index contributed by atoms with van der Waals surface area (Å²) in [5.74, 6) is 1.17. The van der Waals surface area contributed by atoms with Crippen LogP contribution in [-0.2, 0) is 15.1 Å². The molecule has 1 aromatic carbocycles. The molecule has 2 aliphatic rings. The molecule has 0 aliphatic carbocycles. The topological polar surface area (TPSA) is 54.0 Å². The van der Waals surface area contributed by atoms with E-state index in [4.69, 9.17) is 18.9 Å². The van der Waals surface area contributed by atoms with Crippen molar-refractivity contribution in [3.8, 4) is 17.2 Å². The number of esters is 1. The summed E-state index contributed by atoms with van der Waals surface area (Å²) in [6, 6.07) is 3.43. The molecule has 0 N–H and O–H groups in total. The molecule has 0 amide bonds. The molecule has 0 saturated carbocycles. The van der Waals surface area contributed by atoms with E-state index in [0.29, 0.717) is 22.8 Å². The van der Waals surface area contributed by atoms with E-state index >= 15 is 0 Å². The first kappa shape index (κ1) is 14.2. The fourth-order valence-electron chi connectivity index (χ4n) is 3.22. The molecule has 1 aromatic rings. The van der Waals surface area contributed by atoms with Crippen LogP contribution in [0.5, 0.6) is 17.2 Å². The molecule has 2 heterocycles. The van der Waals surface area contributed by atoms with Gasteiger partial charge in [0, 0.05) is 17.5 Å². The van der Waals surface area contributed by atoms with Gasteiger partial charge in [0.05, 0.1) is 25.4 Å². The molecule has 0 radical (unpaired) electrons. The van der Waals surface area contributed by atoms with Gasteiger partial charge < -0.3 is 18.9 Å². The zero-order chi connectivity index (χ0) is 15.6. The third-order valence-electron chi connectivity index (χ3n) is 5.13. The summed E-state index contributed by atoms with van der Waals surface area (Å²) in [4.78, 5) is 12.6. The Kier molecular flexibility index (Phi) is 2.65. The zero-order valence-electron chi connectivity index (χ0n) is 13.2. The molecule has 1 atom stereocenters. The molecule has 0 aromatic heterocycles. The molecule has 21 heavy (non-hydrogen) atoms. The van der Waals surface area contributed by atoms with Crippen LogP contribution in [0.3, 0.4) is 0 Å². The van der Waals surface area contributed by atoms with Crippen molar-refractivity contribution in [2.24, 2.45) is 5.41 Å². The van der Waals surface area contributed by atoms with Gasteiger partial charge in [0.25, 0.3) is 0 Å². The van der Waals surface area contributed by atoms with Crippen LogP contribution in [0.2, 0.25) is 0 Å². The highest BCUT2D eigenvalue weighted by molar-refractivity contribution is 5.93. The summed E-state index contributed by atoms with van der Waals surface area (Å²) in [6.45, 7) is 7.96. The summed E-state index contributed by atoms with van der Waals surface area (Å²) in [7, 11) is 3.11. The number of rotatable bonds is 2. The lowest BCUT2D eigenvalue weighted by atomic mass is 9.57. The number of carbonyl (C=O) groups is 1. The minimum Gasteiger partial charge on any atom is -0.496 e. The van der Waals surface area contributed by atoms with E-state index in [9.17, 15) is 4.79 Å². The van der Waals surface area contributed by atoms with Crippen LogP contribution in [0.4, 0.5) is 0 Å². The molecular formula is C16H20O5. The normalized spacial score (nSPS) is 27.8. The van der Waals surface area contributed by atoms with Crippen molar-refractivity contribution >= 4 is 5.97 Å². The molecule has 1 fully saturated rings. The first-order valence-corrected chi connectivity index (χ1v) is 6.90. The van der Waals surface area contributed by atoms with Crippen molar-refractivity contribution in [3.63, 3.8) is 0 Å². The monoisotopic (exact) mass is 292 g/mol. The van der Waals surface area contributed by atoms with Gasteiger partial charge in [-0.1, -0.05) is 13.8 Å². The summed E-state index contributed by atoms with van der Waals surface area (Å²) in [6.07, 6.45) is 0. The maximum atomic E-state index is 12.6. The highest BCUT2D eigenvalue weighted by Crippen LogP contribution is 2.67. The van der Waals surface area contributed by atoms with Crippen molar-refractivity contribution in [1.29, 1.82) is 0 Å². The summed E-state index contributed by atoms with van der Waals surface area (Å²) in [5.41, 5.74) is -1.33. The number of hydrogen-bond acceptors (Lipinski definition) is 5. The minimum absolute atomic E-state index is 0.395. The molecule has 0 bridgehead atoms. The van der Waals surface area contributed by atoms with Crippen LogP contribution in [0.1, 0.15) is 33.3 Å². The number of hydrogen-bond donors (Lipinski definition) is 0. The Morgan fingerprint density at radius 2 is 1.71 bits per heavy atom. The van der Waals surface area contributed by atoms with Gasteiger partial charge in [-0.3, -0.25) is 0 Å². The second kappa shape index (κ2) is 3.91. The van der Waals surface area contributed by atoms with Crippen LogP contribution in [0.15, 0.2) is 12.1 Å². The van der Waals surface area contributed by atoms with E-state index < -0.39 is 22.6 Å². The van der Waals surface area contributed by atoms with Crippen molar-refractivity contribution < 1.29 is 23.7 Å². The Bertz CT molecular complexity index is 632. The second-order valence-corrected chi connectivity index (χ2v) is 6.51. The van der Waals surface area contributed by atoms with Crippen LogP contribution in [0, 0.1) is 5.41 Å². The SMILES string of the molecule is COc1cc(OC)c2c(c1)OC(=O)C21OC(C)(C)C1(C)C. The molecule has 3 rings (SSSR count). The van der Waals surface area contributed by atoms with E-state index in [1.165, 1.54) is 0 Å². The number of benzene rings is 1. The Morgan fingerprint density at radius 1 is 1.05 bits per heavy atom. The first-order valence-electron chi connectivity index (χ1n) is 6.90. The van der Waals surface area contributed by atoms with Crippen LogP contribution in [-0.4, -0.2) is 25.8 Å². The fourth-order valence-corrected chi connectivity index (χ4v) is 3.22. The Labute approximate surface area is 124 Å². The lowest BCUT2D eigenvalue weighted by molar-refractivity contribution is -0.346. The predicted molar refractivity (Wildman–Crippen MR) is 75.8 cm³/mol. The molecule has 1 saturated heterocycles. The highest BCUT2D eigenvalue weighted by atomic mass is 16.6. The maximum absolute atomic E-state index is 12.6. The quantitative estimate of drug-likeness (QED) is 0.619. The first-order chi connectivity index (χ1) is 9.71. The Morgan fingerprint density at radius 3 is 2.19 bits per heavy atom. The van der Waals surface area contributed by atoms with Gasteiger partial charge >= 0.3 is 5.97 Å². The summed E-state index contributed by atoms with van der Waals surface area (Å²) in [5, 5.41) is 0. The molecule has 1 unspecified atom stereocenters. The Hall–Kier alpha value is -1.75. The van der Waals surface area contributed by atoms with Gasteiger partial charge in [0.15, 0.2) is 0 Å². The molecule has 114 valence electrons. The standard InChI is InChI=1S/C16H20O5/c1-14(2)15(3,4)21-16(14)12-10(19-6)7-9(18-5)8-11(12)20-13(16)17/h7-8H,1-6H3. The highest BCUT2D eigenvalue weighted by Gasteiger charge is 2.75. The average molecular weight is 292 g/mol. The average Bonchev–Trinajstić information content (AvgIpc) is 2.71. The van der Waals surface area contributed by atoms with Gasteiger partial charge in [0.2, 0.25) is 5.60 Å². The second-order valence-electron chi connectivity index (χ2n) is 6.51. The van der Waals surface area contributed by atoms with Gasteiger partial charge in [-0.25, -0.2) is 4.79 Å². The third kappa shape index (κ3) is 1.42. The van der Waals surface area contributed by atoms with E-state index in [2.05, 4.69) is 0 Å². The van der Waals surface area contributed by atoms with Gasteiger partial charge in [-0.2, -0.15) is 0 Å². The van der Waals surface area contributed by atoms with Crippen molar-refractivity contribution in [2.45, 2.75) is 38.9 Å². The van der Waals surface area contributed by atoms with E-state index in [-0.39, 0.29) is 0 Å². The van der Waals surface area contributed by atoms with Gasteiger partial charge in [-0.15, -0.1) is 0 Å². The molecule has 1 spiro atoms. The summed E-state index contributed by atoms with van der Waals surface area (Å²) < 4.78 is 22.2. The number of ether oxygens (including phenoxy) is 4.